The van der Waals surface area contributed by atoms with Gasteiger partial charge in [0.1, 0.15) is 0 Å². The summed E-state index contributed by atoms with van der Waals surface area (Å²) in [5.41, 5.74) is 1.41. The Hall–Kier alpha value is -3.07. The second kappa shape index (κ2) is 8.30. The predicted molar refractivity (Wildman–Crippen MR) is 108 cm³/mol. The third-order valence-corrected chi connectivity index (χ3v) is 5.43. The van der Waals surface area contributed by atoms with Crippen molar-refractivity contribution in [3.63, 3.8) is 0 Å². The van der Waals surface area contributed by atoms with Crippen LogP contribution >= 0.6 is 11.3 Å². The maximum Gasteiger partial charge on any atom is 0.251 e. The van der Waals surface area contributed by atoms with Gasteiger partial charge in [-0.15, -0.1) is 0 Å². The smallest absolute Gasteiger partial charge is 0.251 e. The van der Waals surface area contributed by atoms with Gasteiger partial charge in [0, 0.05) is 44.0 Å². The first-order valence-electron chi connectivity index (χ1n) is 9.20. The van der Waals surface area contributed by atoms with Crippen LogP contribution in [0.15, 0.2) is 36.7 Å². The second-order valence-corrected chi connectivity index (χ2v) is 7.52. The third kappa shape index (κ3) is 4.25. The van der Waals surface area contributed by atoms with Gasteiger partial charge in [-0.1, -0.05) is 11.3 Å². The van der Waals surface area contributed by atoms with E-state index in [9.17, 15) is 9.59 Å². The van der Waals surface area contributed by atoms with Crippen molar-refractivity contribution in [1.29, 1.82) is 0 Å². The summed E-state index contributed by atoms with van der Waals surface area (Å²) in [4.78, 5) is 38.6. The summed E-state index contributed by atoms with van der Waals surface area (Å²) in [6, 6.07) is 7.19. The number of nitrogens with zero attached hydrogens (tertiary/aromatic N) is 4. The van der Waals surface area contributed by atoms with E-state index in [1.54, 1.807) is 24.5 Å². The molecule has 0 radical (unpaired) electrons. The third-order valence-electron chi connectivity index (χ3n) is 4.50. The second-order valence-electron chi connectivity index (χ2n) is 6.49. The number of carbonyl (C=O) groups excluding carboxylic acids is 2. The van der Waals surface area contributed by atoms with Crippen molar-refractivity contribution in [1.82, 2.24) is 25.2 Å². The maximum atomic E-state index is 12.4. The van der Waals surface area contributed by atoms with E-state index in [4.69, 9.17) is 0 Å². The lowest BCUT2D eigenvalue weighted by Gasteiger charge is -2.15. The minimum Gasteiger partial charge on any atom is -0.352 e. The molecule has 1 aromatic carbocycles. The number of nitrogens with one attached hydrogen (secondary N) is 2. The summed E-state index contributed by atoms with van der Waals surface area (Å²) in [5.74, 6) is 0.576. The highest BCUT2D eigenvalue weighted by molar-refractivity contribution is 7.22. The fraction of sp³-hybridized carbons (Fsp3) is 0.316. The number of hydrogen-bond donors (Lipinski definition) is 2. The number of fused-ring (bicyclic) bond motifs is 1. The fourth-order valence-electron chi connectivity index (χ4n) is 3.09. The lowest BCUT2D eigenvalue weighted by Crippen LogP contribution is -2.30. The van der Waals surface area contributed by atoms with Crippen LogP contribution in [0.1, 0.15) is 29.6 Å². The van der Waals surface area contributed by atoms with Crippen molar-refractivity contribution in [2.75, 3.05) is 25.0 Å². The Bertz CT molecular complexity index is 991. The first-order valence-corrected chi connectivity index (χ1v) is 10.0. The Morgan fingerprint density at radius 2 is 2.11 bits per heavy atom. The molecule has 4 rings (SSSR count). The van der Waals surface area contributed by atoms with E-state index >= 15 is 0 Å². The van der Waals surface area contributed by atoms with Crippen LogP contribution in [0, 0.1) is 0 Å². The molecule has 3 heterocycles. The largest absolute Gasteiger partial charge is 0.352 e. The van der Waals surface area contributed by atoms with Crippen molar-refractivity contribution in [3.05, 3.63) is 42.2 Å². The van der Waals surface area contributed by atoms with Gasteiger partial charge in [-0.2, -0.15) is 0 Å². The van der Waals surface area contributed by atoms with Crippen LogP contribution in [-0.4, -0.2) is 51.3 Å². The summed E-state index contributed by atoms with van der Waals surface area (Å²) in [7, 11) is 0. The minimum atomic E-state index is -0.121. The van der Waals surface area contributed by atoms with Gasteiger partial charge in [0.2, 0.25) is 11.9 Å². The van der Waals surface area contributed by atoms with Crippen LogP contribution in [0.2, 0.25) is 0 Å². The van der Waals surface area contributed by atoms with E-state index in [2.05, 4.69) is 25.6 Å². The van der Waals surface area contributed by atoms with Gasteiger partial charge >= 0.3 is 0 Å². The zero-order valence-electron chi connectivity index (χ0n) is 15.2. The number of hydrogen-bond acceptors (Lipinski definition) is 7. The molecule has 8 nitrogen and oxygen atoms in total. The lowest BCUT2D eigenvalue weighted by atomic mass is 10.2. The number of carbonyl (C=O) groups is 2. The molecule has 0 unspecified atom stereocenters. The van der Waals surface area contributed by atoms with Crippen molar-refractivity contribution in [3.8, 4) is 0 Å². The molecule has 1 aliphatic heterocycles. The van der Waals surface area contributed by atoms with Gasteiger partial charge in [-0.3, -0.25) is 9.59 Å². The summed E-state index contributed by atoms with van der Waals surface area (Å²) in [5, 5.41) is 6.66. The van der Waals surface area contributed by atoms with Crippen LogP contribution in [0.25, 0.3) is 10.2 Å². The van der Waals surface area contributed by atoms with Gasteiger partial charge in [-0.05, 0) is 37.1 Å². The monoisotopic (exact) mass is 396 g/mol. The Labute approximate surface area is 166 Å². The summed E-state index contributed by atoms with van der Waals surface area (Å²) in [6.07, 6.45) is 5.66. The number of amides is 2. The highest BCUT2D eigenvalue weighted by atomic mass is 32.1. The number of benzene rings is 1. The van der Waals surface area contributed by atoms with Crippen molar-refractivity contribution in [2.45, 2.75) is 19.3 Å². The molecule has 2 aromatic heterocycles. The van der Waals surface area contributed by atoms with Gasteiger partial charge in [0.05, 0.1) is 10.2 Å². The molecular formula is C19H20N6O2S. The van der Waals surface area contributed by atoms with Crippen molar-refractivity contribution in [2.24, 2.45) is 0 Å². The van der Waals surface area contributed by atoms with E-state index in [1.165, 1.54) is 11.3 Å². The average molecular weight is 396 g/mol. The number of aromatic nitrogens is 3. The summed E-state index contributed by atoms with van der Waals surface area (Å²) < 4.78 is 0.911. The number of thiazole rings is 1. The van der Waals surface area contributed by atoms with Gasteiger partial charge in [-0.25, -0.2) is 15.0 Å². The van der Waals surface area contributed by atoms with Crippen LogP contribution in [0.4, 0.5) is 11.1 Å². The molecule has 2 N–H and O–H groups in total. The van der Waals surface area contributed by atoms with Crippen molar-refractivity contribution >= 4 is 44.4 Å². The Morgan fingerprint density at radius 3 is 2.89 bits per heavy atom. The van der Waals surface area contributed by atoms with E-state index in [1.807, 2.05) is 17.0 Å². The summed E-state index contributed by atoms with van der Waals surface area (Å²) in [6.45, 7) is 2.07. The quantitative estimate of drug-likeness (QED) is 0.596. The topological polar surface area (TPSA) is 100 Å². The Balaban J connectivity index is 1.34. The predicted octanol–water partition coefficient (Wildman–Crippen LogP) is 2.57. The SMILES string of the molecule is O=C(NCCCN1CCCC1=O)c1ccc2nc(Nc3ncccn3)sc2c1. The van der Waals surface area contributed by atoms with Crippen LogP contribution in [0.3, 0.4) is 0 Å². The molecule has 1 aliphatic rings. The van der Waals surface area contributed by atoms with E-state index in [0.29, 0.717) is 36.2 Å². The summed E-state index contributed by atoms with van der Waals surface area (Å²) >= 11 is 1.44. The zero-order chi connectivity index (χ0) is 19.3. The Morgan fingerprint density at radius 1 is 1.25 bits per heavy atom. The molecule has 1 fully saturated rings. The van der Waals surface area contributed by atoms with E-state index in [-0.39, 0.29) is 11.8 Å². The Kier molecular flexibility index (Phi) is 5.43. The van der Waals surface area contributed by atoms with Crippen LogP contribution < -0.4 is 10.6 Å². The van der Waals surface area contributed by atoms with Crippen molar-refractivity contribution < 1.29 is 9.59 Å². The molecular weight excluding hydrogens is 376 g/mol. The molecule has 0 spiro atoms. The molecule has 28 heavy (non-hydrogen) atoms. The number of rotatable bonds is 7. The zero-order valence-corrected chi connectivity index (χ0v) is 16.0. The van der Waals surface area contributed by atoms with Gasteiger partial charge in [0.15, 0.2) is 5.13 Å². The highest BCUT2D eigenvalue weighted by Gasteiger charge is 2.19. The molecule has 144 valence electrons. The molecule has 0 aliphatic carbocycles. The standard InChI is InChI=1S/C19H20N6O2S/c26-16-4-1-10-25(16)11-3-9-20-17(27)13-5-6-14-15(12-13)28-19(23-14)24-18-21-7-2-8-22-18/h2,5-8,12H,1,3-4,9-11H2,(H,20,27)(H,21,22,23,24). The normalized spacial score (nSPS) is 13.9. The highest BCUT2D eigenvalue weighted by Crippen LogP contribution is 2.28. The van der Waals surface area contributed by atoms with E-state index < -0.39 is 0 Å². The molecule has 0 atom stereocenters. The van der Waals surface area contributed by atoms with E-state index in [0.717, 1.165) is 29.6 Å². The minimum absolute atomic E-state index is 0.121. The first-order chi connectivity index (χ1) is 13.7. The fourth-order valence-corrected chi connectivity index (χ4v) is 3.99. The average Bonchev–Trinajstić information content (AvgIpc) is 3.30. The lowest BCUT2D eigenvalue weighted by molar-refractivity contribution is -0.127. The molecule has 0 bridgehead atoms. The molecule has 9 heteroatoms. The van der Waals surface area contributed by atoms with Crippen LogP contribution in [-0.2, 0) is 4.79 Å². The van der Waals surface area contributed by atoms with Gasteiger partial charge < -0.3 is 15.5 Å². The maximum absolute atomic E-state index is 12.4. The number of likely N-dealkylation sites (tertiary alicyclic amines) is 1. The first kappa shape index (κ1) is 18.3. The number of anilines is 2. The molecule has 2 amide bonds. The van der Waals surface area contributed by atoms with Crippen LogP contribution in [0.5, 0.6) is 0 Å². The molecule has 3 aromatic rings. The molecule has 0 saturated carbocycles. The molecule has 1 saturated heterocycles. The van der Waals surface area contributed by atoms with Gasteiger partial charge in [0.25, 0.3) is 5.91 Å².